The lowest BCUT2D eigenvalue weighted by Gasteiger charge is -2.35. The van der Waals surface area contributed by atoms with Gasteiger partial charge in [-0.3, -0.25) is 0 Å². The van der Waals surface area contributed by atoms with E-state index in [0.29, 0.717) is 31.2 Å². The third-order valence-electron chi connectivity index (χ3n) is 5.85. The van der Waals surface area contributed by atoms with E-state index in [2.05, 4.69) is 52.5 Å². The number of halogens is 1. The third kappa shape index (κ3) is 4.64. The highest BCUT2D eigenvalue weighted by Crippen LogP contribution is 2.24. The van der Waals surface area contributed by atoms with Crippen molar-refractivity contribution in [3.63, 3.8) is 0 Å². The Bertz CT molecular complexity index is 1090. The lowest BCUT2D eigenvalue weighted by molar-refractivity contribution is 0.208. The summed E-state index contributed by atoms with van der Waals surface area (Å²) in [6.45, 7) is 8.75. The molecule has 1 aromatic heterocycles. The predicted octanol–water partition coefficient (Wildman–Crippen LogP) is 5.08. The predicted molar refractivity (Wildman–Crippen MR) is 126 cm³/mol. The number of nitrogens with one attached hydrogen (secondary N) is 1. The van der Waals surface area contributed by atoms with Crippen molar-refractivity contribution >= 4 is 29.1 Å². The molecule has 31 heavy (non-hydrogen) atoms. The number of benzene rings is 2. The molecule has 0 bridgehead atoms. The lowest BCUT2D eigenvalue weighted by Crippen LogP contribution is -2.50. The van der Waals surface area contributed by atoms with E-state index in [4.69, 9.17) is 11.6 Å². The van der Waals surface area contributed by atoms with Gasteiger partial charge in [-0.25, -0.2) is 4.79 Å². The summed E-state index contributed by atoms with van der Waals surface area (Å²) >= 11 is 6.15. The van der Waals surface area contributed by atoms with Crippen LogP contribution in [-0.4, -0.2) is 47.3 Å². The first kappa shape index (κ1) is 21.1. The van der Waals surface area contributed by atoms with E-state index < -0.39 is 0 Å². The van der Waals surface area contributed by atoms with Crippen LogP contribution in [-0.2, 0) is 0 Å². The summed E-state index contributed by atoms with van der Waals surface area (Å²) in [5.41, 5.74) is 6.05. The summed E-state index contributed by atoms with van der Waals surface area (Å²) in [5.74, 6) is 0.832. The van der Waals surface area contributed by atoms with E-state index in [1.54, 1.807) is 0 Å². The van der Waals surface area contributed by atoms with Crippen molar-refractivity contribution < 1.29 is 4.79 Å². The molecule has 2 aromatic carbocycles. The first-order valence-electron chi connectivity index (χ1n) is 10.4. The molecule has 160 valence electrons. The number of anilines is 2. The molecule has 1 N–H and O–H groups in total. The molecule has 0 atom stereocenters. The molecule has 0 unspecified atom stereocenters. The summed E-state index contributed by atoms with van der Waals surface area (Å²) in [7, 11) is 0. The highest BCUT2D eigenvalue weighted by molar-refractivity contribution is 6.31. The van der Waals surface area contributed by atoms with E-state index in [9.17, 15) is 4.79 Å². The van der Waals surface area contributed by atoms with E-state index in [1.165, 1.54) is 11.1 Å². The van der Waals surface area contributed by atoms with Crippen molar-refractivity contribution in [3.05, 3.63) is 70.2 Å². The largest absolute Gasteiger partial charge is 0.352 e. The molecule has 0 saturated carbocycles. The van der Waals surface area contributed by atoms with Crippen LogP contribution in [0.15, 0.2) is 48.5 Å². The van der Waals surface area contributed by atoms with Crippen LogP contribution in [0.5, 0.6) is 0 Å². The molecule has 2 amide bonds. The minimum absolute atomic E-state index is 0.110. The molecule has 1 aliphatic rings. The minimum Gasteiger partial charge on any atom is -0.352 e. The second kappa shape index (κ2) is 8.94. The molecule has 3 aromatic rings. The van der Waals surface area contributed by atoms with Gasteiger partial charge in [0.15, 0.2) is 5.82 Å². The first-order valence-corrected chi connectivity index (χ1v) is 10.8. The van der Waals surface area contributed by atoms with Gasteiger partial charge in [0.2, 0.25) is 0 Å². The van der Waals surface area contributed by atoms with Crippen LogP contribution in [0.25, 0.3) is 11.3 Å². The highest BCUT2D eigenvalue weighted by atomic mass is 35.5. The van der Waals surface area contributed by atoms with Gasteiger partial charge >= 0.3 is 6.03 Å². The molecule has 0 spiro atoms. The monoisotopic (exact) mass is 435 g/mol. The van der Waals surface area contributed by atoms with E-state index in [0.717, 1.165) is 28.3 Å². The number of amides is 2. The number of aryl methyl sites for hydroxylation is 2. The standard InChI is InChI=1S/C24H26ClN5O/c1-16-7-8-19(15-17(16)2)22-9-10-23(28-27-22)29-11-13-30(14-12-29)24(31)26-21-6-4-5-20(25)18(21)3/h4-10,15H,11-14H2,1-3H3,(H,26,31). The Hall–Kier alpha value is -3.12. The number of hydrogen-bond donors (Lipinski definition) is 1. The maximum absolute atomic E-state index is 12.7. The molecule has 4 rings (SSSR count). The van der Waals surface area contributed by atoms with Gasteiger partial charge in [0.25, 0.3) is 0 Å². The van der Waals surface area contributed by atoms with Crippen molar-refractivity contribution in [1.82, 2.24) is 15.1 Å². The quantitative estimate of drug-likeness (QED) is 0.623. The summed E-state index contributed by atoms with van der Waals surface area (Å²) < 4.78 is 0. The maximum atomic E-state index is 12.7. The van der Waals surface area contributed by atoms with Crippen molar-refractivity contribution in [3.8, 4) is 11.3 Å². The van der Waals surface area contributed by atoms with Crippen LogP contribution in [0.3, 0.4) is 0 Å². The van der Waals surface area contributed by atoms with Gasteiger partial charge in [-0.05, 0) is 67.8 Å². The Balaban J connectivity index is 1.36. The van der Waals surface area contributed by atoms with Crippen molar-refractivity contribution in [1.29, 1.82) is 0 Å². The molecule has 0 radical (unpaired) electrons. The average Bonchev–Trinajstić information content (AvgIpc) is 2.79. The molecule has 1 saturated heterocycles. The Morgan fingerprint density at radius 3 is 2.39 bits per heavy atom. The van der Waals surface area contributed by atoms with Gasteiger partial charge < -0.3 is 15.1 Å². The highest BCUT2D eigenvalue weighted by Gasteiger charge is 2.22. The number of carbonyl (C=O) groups excluding carboxylic acids is 1. The molecule has 1 aliphatic heterocycles. The number of urea groups is 1. The second-order valence-electron chi connectivity index (χ2n) is 7.89. The van der Waals surface area contributed by atoms with Crippen molar-refractivity contribution in [2.45, 2.75) is 20.8 Å². The Kier molecular flexibility index (Phi) is 6.09. The fourth-order valence-electron chi connectivity index (χ4n) is 3.62. The fraction of sp³-hybridized carbons (Fsp3) is 0.292. The van der Waals surface area contributed by atoms with Crippen LogP contribution in [0.2, 0.25) is 5.02 Å². The van der Waals surface area contributed by atoms with Crippen LogP contribution in [0.1, 0.15) is 16.7 Å². The van der Waals surface area contributed by atoms with Crippen LogP contribution >= 0.6 is 11.6 Å². The Labute approximate surface area is 187 Å². The maximum Gasteiger partial charge on any atom is 0.321 e. The van der Waals surface area contributed by atoms with Crippen LogP contribution in [0.4, 0.5) is 16.3 Å². The average molecular weight is 436 g/mol. The molecule has 1 fully saturated rings. The number of nitrogens with zero attached hydrogens (tertiary/aromatic N) is 4. The number of aromatic nitrogens is 2. The van der Waals surface area contributed by atoms with Crippen molar-refractivity contribution in [2.75, 3.05) is 36.4 Å². The molecule has 2 heterocycles. The van der Waals surface area contributed by atoms with Crippen LogP contribution in [0, 0.1) is 20.8 Å². The van der Waals surface area contributed by atoms with Crippen molar-refractivity contribution in [2.24, 2.45) is 0 Å². The summed E-state index contributed by atoms with van der Waals surface area (Å²) in [6.07, 6.45) is 0. The molecular formula is C24H26ClN5O. The first-order chi connectivity index (χ1) is 14.9. The summed E-state index contributed by atoms with van der Waals surface area (Å²) in [6, 6.07) is 15.7. The normalized spacial score (nSPS) is 13.9. The topological polar surface area (TPSA) is 61.4 Å². The molecule has 0 aliphatic carbocycles. The minimum atomic E-state index is -0.110. The molecule has 6 nitrogen and oxygen atoms in total. The van der Waals surface area contributed by atoms with Gasteiger partial charge in [-0.15, -0.1) is 10.2 Å². The molecular weight excluding hydrogens is 410 g/mol. The smallest absolute Gasteiger partial charge is 0.321 e. The lowest BCUT2D eigenvalue weighted by atomic mass is 10.0. The number of carbonyl (C=O) groups is 1. The fourth-order valence-corrected chi connectivity index (χ4v) is 3.80. The van der Waals surface area contributed by atoms with Gasteiger partial charge in [-0.2, -0.15) is 0 Å². The Morgan fingerprint density at radius 1 is 0.935 bits per heavy atom. The zero-order valence-corrected chi connectivity index (χ0v) is 18.8. The van der Waals surface area contributed by atoms with E-state index in [1.807, 2.05) is 42.2 Å². The van der Waals surface area contributed by atoms with Gasteiger partial charge in [0, 0.05) is 42.5 Å². The van der Waals surface area contributed by atoms with Gasteiger partial charge in [0.1, 0.15) is 0 Å². The van der Waals surface area contributed by atoms with E-state index in [-0.39, 0.29) is 6.03 Å². The number of hydrogen-bond acceptors (Lipinski definition) is 4. The van der Waals surface area contributed by atoms with Gasteiger partial charge in [0.05, 0.1) is 5.69 Å². The summed E-state index contributed by atoms with van der Waals surface area (Å²) in [4.78, 5) is 16.6. The third-order valence-corrected chi connectivity index (χ3v) is 6.26. The SMILES string of the molecule is Cc1ccc(-c2ccc(N3CCN(C(=O)Nc4cccc(Cl)c4C)CC3)nn2)cc1C. The number of rotatable bonds is 3. The van der Waals surface area contributed by atoms with E-state index >= 15 is 0 Å². The second-order valence-corrected chi connectivity index (χ2v) is 8.30. The molecule has 7 heteroatoms. The van der Waals surface area contributed by atoms with Gasteiger partial charge in [-0.1, -0.05) is 29.8 Å². The van der Waals surface area contributed by atoms with Crippen LogP contribution < -0.4 is 10.2 Å². The Morgan fingerprint density at radius 2 is 1.71 bits per heavy atom. The summed E-state index contributed by atoms with van der Waals surface area (Å²) in [5, 5.41) is 12.5. The zero-order chi connectivity index (χ0) is 22.0. The zero-order valence-electron chi connectivity index (χ0n) is 18.0. The number of piperazine rings is 1.